The molecule has 0 aliphatic rings. The van der Waals surface area contributed by atoms with Crippen LogP contribution in [0.2, 0.25) is 0 Å². The van der Waals surface area contributed by atoms with E-state index in [1.807, 2.05) is 11.4 Å². The lowest BCUT2D eigenvalue weighted by molar-refractivity contribution is 0.112. The molecule has 2 aromatic rings. The van der Waals surface area contributed by atoms with Gasteiger partial charge in [-0.25, -0.2) is 0 Å². The molecule has 0 spiro atoms. The van der Waals surface area contributed by atoms with Gasteiger partial charge in [0.05, 0.1) is 0 Å². The van der Waals surface area contributed by atoms with Crippen LogP contribution in [0.4, 0.5) is 0 Å². The highest BCUT2D eigenvalue weighted by atomic mass is 127. The zero-order chi connectivity index (χ0) is 10.1. The molecule has 0 saturated carbocycles. The topological polar surface area (TPSA) is 17.1 Å². The molecule has 2 rings (SSSR count). The molecule has 1 aromatic carbocycles. The Morgan fingerprint density at radius 2 is 2.36 bits per heavy atom. The van der Waals surface area contributed by atoms with Gasteiger partial charge in [-0.3, -0.25) is 4.79 Å². The molecule has 4 heteroatoms. The molecule has 0 unspecified atom stereocenters. The van der Waals surface area contributed by atoms with Crippen LogP contribution in [-0.2, 0) is 5.88 Å². The van der Waals surface area contributed by atoms with Gasteiger partial charge in [0.15, 0.2) is 6.29 Å². The molecular weight excluding hydrogens is 331 g/mol. The summed E-state index contributed by atoms with van der Waals surface area (Å²) in [6.45, 7) is 0. The van der Waals surface area contributed by atoms with E-state index in [9.17, 15) is 4.79 Å². The van der Waals surface area contributed by atoms with Crippen LogP contribution >= 0.6 is 45.5 Å². The van der Waals surface area contributed by atoms with Crippen molar-refractivity contribution in [2.45, 2.75) is 5.88 Å². The average Bonchev–Trinajstić information content (AvgIpc) is 2.64. The van der Waals surface area contributed by atoms with Crippen molar-refractivity contribution in [3.05, 3.63) is 32.2 Å². The third-order valence-corrected chi connectivity index (χ3v) is 4.50. The lowest BCUT2D eigenvalue weighted by Gasteiger charge is -2.04. The predicted molar refractivity (Wildman–Crippen MR) is 69.5 cm³/mol. The van der Waals surface area contributed by atoms with E-state index in [-0.39, 0.29) is 0 Å². The van der Waals surface area contributed by atoms with Crippen LogP contribution in [0, 0.1) is 3.57 Å². The molecule has 1 nitrogen and oxygen atoms in total. The SMILES string of the molecule is O=Cc1c(I)c(CCl)cc2sccc12. The van der Waals surface area contributed by atoms with Crippen molar-refractivity contribution in [2.24, 2.45) is 0 Å². The summed E-state index contributed by atoms with van der Waals surface area (Å²) in [7, 11) is 0. The average molecular weight is 337 g/mol. The molecule has 0 bridgehead atoms. The van der Waals surface area contributed by atoms with Gasteiger partial charge in [0.1, 0.15) is 0 Å². The number of rotatable bonds is 2. The minimum Gasteiger partial charge on any atom is -0.298 e. The first kappa shape index (κ1) is 10.4. The first-order valence-electron chi connectivity index (χ1n) is 3.97. The third-order valence-electron chi connectivity index (χ3n) is 2.07. The maximum atomic E-state index is 11.0. The van der Waals surface area contributed by atoms with E-state index in [0.29, 0.717) is 5.88 Å². The summed E-state index contributed by atoms with van der Waals surface area (Å²) in [4.78, 5) is 11.0. The molecule has 72 valence electrons. The van der Waals surface area contributed by atoms with Gasteiger partial charge in [-0.15, -0.1) is 22.9 Å². The van der Waals surface area contributed by atoms with Gasteiger partial charge in [-0.1, -0.05) is 0 Å². The highest BCUT2D eigenvalue weighted by Gasteiger charge is 2.10. The number of halogens is 2. The Balaban J connectivity index is 2.87. The summed E-state index contributed by atoms with van der Waals surface area (Å²) in [6, 6.07) is 4.03. The monoisotopic (exact) mass is 336 g/mol. The number of thiophene rings is 1. The molecule has 0 amide bonds. The van der Waals surface area contributed by atoms with E-state index in [1.165, 1.54) is 0 Å². The van der Waals surface area contributed by atoms with Crippen LogP contribution in [0.3, 0.4) is 0 Å². The standard InChI is InChI=1S/C10H6ClIOS/c11-4-6-3-9-7(1-2-14-9)8(5-13)10(6)12/h1-3,5H,4H2. The highest BCUT2D eigenvalue weighted by molar-refractivity contribution is 14.1. The third kappa shape index (κ3) is 1.57. The van der Waals surface area contributed by atoms with Crippen molar-refractivity contribution in [3.8, 4) is 0 Å². The minimum atomic E-state index is 0.451. The number of alkyl halides is 1. The van der Waals surface area contributed by atoms with Gasteiger partial charge in [-0.05, 0) is 45.7 Å². The van der Waals surface area contributed by atoms with Crippen LogP contribution < -0.4 is 0 Å². The smallest absolute Gasteiger partial charge is 0.151 e. The lowest BCUT2D eigenvalue weighted by Crippen LogP contribution is -1.92. The van der Waals surface area contributed by atoms with Crippen molar-refractivity contribution in [1.82, 2.24) is 0 Å². The molecule has 0 saturated heterocycles. The number of carbonyl (C=O) groups excluding carboxylic acids is 1. The number of hydrogen-bond acceptors (Lipinski definition) is 2. The van der Waals surface area contributed by atoms with E-state index in [1.54, 1.807) is 11.3 Å². The summed E-state index contributed by atoms with van der Waals surface area (Å²) in [5.74, 6) is 0.451. The van der Waals surface area contributed by atoms with Crippen molar-refractivity contribution >= 4 is 61.9 Å². The minimum absolute atomic E-state index is 0.451. The molecule has 1 aromatic heterocycles. The Morgan fingerprint density at radius 1 is 1.57 bits per heavy atom. The number of aldehydes is 1. The Bertz CT molecular complexity index is 492. The van der Waals surface area contributed by atoms with E-state index in [0.717, 1.165) is 31.1 Å². The Hall–Kier alpha value is -0.130. The van der Waals surface area contributed by atoms with Crippen molar-refractivity contribution in [2.75, 3.05) is 0 Å². The van der Waals surface area contributed by atoms with E-state index in [4.69, 9.17) is 11.6 Å². The Labute approximate surface area is 104 Å². The van der Waals surface area contributed by atoms with E-state index < -0.39 is 0 Å². The molecule has 0 radical (unpaired) electrons. The molecular formula is C10H6ClIOS. The summed E-state index contributed by atoms with van der Waals surface area (Å²) in [5.41, 5.74) is 1.80. The molecule has 0 aliphatic heterocycles. The van der Waals surface area contributed by atoms with Gasteiger partial charge in [0, 0.05) is 25.1 Å². The van der Waals surface area contributed by atoms with Gasteiger partial charge in [0.2, 0.25) is 0 Å². The van der Waals surface area contributed by atoms with Crippen molar-refractivity contribution in [1.29, 1.82) is 0 Å². The van der Waals surface area contributed by atoms with Crippen LogP contribution in [0.1, 0.15) is 15.9 Å². The first-order valence-corrected chi connectivity index (χ1v) is 6.47. The Kier molecular flexibility index (Phi) is 3.09. The van der Waals surface area contributed by atoms with Crippen LogP contribution in [0.25, 0.3) is 10.1 Å². The predicted octanol–water partition coefficient (Wildman–Crippen LogP) is 4.06. The van der Waals surface area contributed by atoms with E-state index >= 15 is 0 Å². The maximum Gasteiger partial charge on any atom is 0.151 e. The molecule has 0 fully saturated rings. The van der Waals surface area contributed by atoms with Crippen molar-refractivity contribution in [3.63, 3.8) is 0 Å². The fourth-order valence-corrected chi connectivity index (χ4v) is 3.45. The Morgan fingerprint density at radius 3 is 3.00 bits per heavy atom. The summed E-state index contributed by atoms with van der Waals surface area (Å²) < 4.78 is 2.10. The molecule has 1 heterocycles. The maximum absolute atomic E-state index is 11.0. The number of hydrogen-bond donors (Lipinski definition) is 0. The number of carbonyl (C=O) groups is 1. The summed E-state index contributed by atoms with van der Waals surface area (Å²) in [5, 5.41) is 3.02. The zero-order valence-electron chi connectivity index (χ0n) is 7.09. The van der Waals surface area contributed by atoms with Gasteiger partial charge in [0.25, 0.3) is 0 Å². The molecule has 0 N–H and O–H groups in total. The van der Waals surface area contributed by atoms with Gasteiger partial charge < -0.3 is 0 Å². The van der Waals surface area contributed by atoms with Gasteiger partial charge in [-0.2, -0.15) is 0 Å². The highest BCUT2D eigenvalue weighted by Crippen LogP contribution is 2.30. The fraction of sp³-hybridized carbons (Fsp3) is 0.100. The second-order valence-corrected chi connectivity index (χ2v) is 5.14. The fourth-order valence-electron chi connectivity index (χ4n) is 1.38. The second kappa shape index (κ2) is 4.16. The quantitative estimate of drug-likeness (QED) is 0.459. The van der Waals surface area contributed by atoms with Crippen LogP contribution in [0.15, 0.2) is 17.5 Å². The summed E-state index contributed by atoms with van der Waals surface area (Å²) in [6.07, 6.45) is 0.910. The second-order valence-electron chi connectivity index (χ2n) is 2.85. The summed E-state index contributed by atoms with van der Waals surface area (Å²) >= 11 is 9.62. The first-order chi connectivity index (χ1) is 6.77. The van der Waals surface area contributed by atoms with E-state index in [2.05, 4.69) is 28.7 Å². The van der Waals surface area contributed by atoms with Gasteiger partial charge >= 0.3 is 0 Å². The molecule has 0 aliphatic carbocycles. The van der Waals surface area contributed by atoms with Crippen molar-refractivity contribution < 1.29 is 4.79 Å². The zero-order valence-corrected chi connectivity index (χ0v) is 10.8. The molecule has 14 heavy (non-hydrogen) atoms. The number of benzene rings is 1. The normalized spacial score (nSPS) is 10.7. The van der Waals surface area contributed by atoms with Crippen LogP contribution in [0.5, 0.6) is 0 Å². The molecule has 0 atom stereocenters. The number of fused-ring (bicyclic) bond motifs is 1. The van der Waals surface area contributed by atoms with Crippen LogP contribution in [-0.4, -0.2) is 6.29 Å². The lowest BCUT2D eigenvalue weighted by atomic mass is 10.1. The largest absolute Gasteiger partial charge is 0.298 e.